The van der Waals surface area contributed by atoms with Crippen LogP contribution in [0.2, 0.25) is 0 Å². The number of thioether (sulfide) groups is 1. The summed E-state index contributed by atoms with van der Waals surface area (Å²) in [6.45, 7) is 5.69. The fraction of sp³-hybridized carbons (Fsp3) is 0.833. The summed E-state index contributed by atoms with van der Waals surface area (Å²) in [6, 6.07) is 0. The first-order chi connectivity index (χ1) is 10.4. The maximum Gasteiger partial charge on any atom is 0.0946 e. The highest BCUT2D eigenvalue weighted by atomic mass is 32.2. The van der Waals surface area contributed by atoms with E-state index in [1.807, 2.05) is 12.5 Å². The maximum atomic E-state index is 4.11. The standard InChI is InChI=1S/C18H34N2S/c1-3-5-7-8-10-12-18(11-9-6-4-2)21-16-15-20-14-13-19-17-20/h13-14,17-18H,3-12,15-16H2,1-2H3. The molecule has 1 unspecified atom stereocenters. The molecule has 21 heavy (non-hydrogen) atoms. The van der Waals surface area contributed by atoms with Crippen molar-refractivity contribution in [1.29, 1.82) is 0 Å². The van der Waals surface area contributed by atoms with Crippen LogP contribution in [0.5, 0.6) is 0 Å². The van der Waals surface area contributed by atoms with Gasteiger partial charge in [-0.1, -0.05) is 65.2 Å². The van der Waals surface area contributed by atoms with E-state index in [4.69, 9.17) is 0 Å². The lowest BCUT2D eigenvalue weighted by atomic mass is 10.1. The van der Waals surface area contributed by atoms with Crippen LogP contribution in [-0.2, 0) is 6.54 Å². The zero-order valence-electron chi connectivity index (χ0n) is 14.1. The van der Waals surface area contributed by atoms with E-state index in [1.165, 1.54) is 70.0 Å². The van der Waals surface area contributed by atoms with Crippen molar-refractivity contribution < 1.29 is 0 Å². The molecule has 0 saturated carbocycles. The number of aromatic nitrogens is 2. The van der Waals surface area contributed by atoms with Gasteiger partial charge in [0.2, 0.25) is 0 Å². The van der Waals surface area contributed by atoms with Gasteiger partial charge in [-0.05, 0) is 12.8 Å². The van der Waals surface area contributed by atoms with Gasteiger partial charge in [0.05, 0.1) is 6.33 Å². The number of unbranched alkanes of at least 4 members (excludes halogenated alkanes) is 6. The molecule has 0 fully saturated rings. The van der Waals surface area contributed by atoms with Gasteiger partial charge in [0.25, 0.3) is 0 Å². The molecule has 0 spiro atoms. The molecule has 0 N–H and O–H groups in total. The minimum Gasteiger partial charge on any atom is -0.337 e. The quantitative estimate of drug-likeness (QED) is 0.397. The third kappa shape index (κ3) is 10.00. The van der Waals surface area contributed by atoms with Crippen LogP contribution in [0, 0.1) is 0 Å². The van der Waals surface area contributed by atoms with E-state index in [0.29, 0.717) is 0 Å². The Morgan fingerprint density at radius 1 is 0.952 bits per heavy atom. The molecule has 0 bridgehead atoms. The molecule has 1 atom stereocenters. The molecule has 0 aliphatic carbocycles. The molecular formula is C18H34N2S. The molecule has 0 radical (unpaired) electrons. The average molecular weight is 311 g/mol. The number of hydrogen-bond acceptors (Lipinski definition) is 2. The summed E-state index contributed by atoms with van der Waals surface area (Å²) in [5, 5.41) is 0.877. The summed E-state index contributed by atoms with van der Waals surface area (Å²) in [5.74, 6) is 1.22. The van der Waals surface area contributed by atoms with Crippen LogP contribution in [-0.4, -0.2) is 20.6 Å². The van der Waals surface area contributed by atoms with Crippen LogP contribution < -0.4 is 0 Å². The normalized spacial score (nSPS) is 12.7. The van der Waals surface area contributed by atoms with Gasteiger partial charge in [-0.3, -0.25) is 0 Å². The summed E-state index contributed by atoms with van der Waals surface area (Å²) >= 11 is 2.19. The van der Waals surface area contributed by atoms with Crippen molar-refractivity contribution in [3.05, 3.63) is 18.7 Å². The maximum absolute atomic E-state index is 4.11. The SMILES string of the molecule is CCCCCCCC(CCCCC)SCCn1ccnc1. The summed E-state index contributed by atoms with van der Waals surface area (Å²) in [5.41, 5.74) is 0. The van der Waals surface area contributed by atoms with Gasteiger partial charge in [0.15, 0.2) is 0 Å². The fourth-order valence-corrected chi connectivity index (χ4v) is 3.97. The largest absolute Gasteiger partial charge is 0.337 e. The first-order valence-electron chi connectivity index (χ1n) is 8.94. The van der Waals surface area contributed by atoms with E-state index in [9.17, 15) is 0 Å². The second kappa shape index (κ2) is 13.2. The Kier molecular flexibility index (Phi) is 11.7. The zero-order chi connectivity index (χ0) is 15.2. The lowest BCUT2D eigenvalue weighted by Gasteiger charge is -2.16. The van der Waals surface area contributed by atoms with Crippen LogP contribution >= 0.6 is 11.8 Å². The van der Waals surface area contributed by atoms with Gasteiger partial charge in [0, 0.05) is 29.9 Å². The molecule has 0 amide bonds. The van der Waals surface area contributed by atoms with Crippen molar-refractivity contribution in [1.82, 2.24) is 9.55 Å². The van der Waals surface area contributed by atoms with Gasteiger partial charge >= 0.3 is 0 Å². The number of imidazole rings is 1. The molecular weight excluding hydrogens is 276 g/mol. The van der Waals surface area contributed by atoms with Gasteiger partial charge in [-0.15, -0.1) is 0 Å². The molecule has 0 aromatic carbocycles. The van der Waals surface area contributed by atoms with Crippen LogP contribution in [0.3, 0.4) is 0 Å². The van der Waals surface area contributed by atoms with E-state index >= 15 is 0 Å². The van der Waals surface area contributed by atoms with E-state index in [0.717, 1.165) is 11.8 Å². The Morgan fingerprint density at radius 2 is 1.62 bits per heavy atom. The number of aryl methyl sites for hydroxylation is 1. The monoisotopic (exact) mass is 310 g/mol. The Hall–Kier alpha value is -0.440. The van der Waals surface area contributed by atoms with Crippen molar-refractivity contribution in [3.63, 3.8) is 0 Å². The molecule has 2 nitrogen and oxygen atoms in total. The summed E-state index contributed by atoms with van der Waals surface area (Å²) in [4.78, 5) is 4.11. The molecule has 1 aromatic rings. The van der Waals surface area contributed by atoms with Gasteiger partial charge < -0.3 is 4.57 Å². The Labute approximate surface area is 136 Å². The highest BCUT2D eigenvalue weighted by Crippen LogP contribution is 2.24. The fourth-order valence-electron chi connectivity index (χ4n) is 2.65. The Bertz CT molecular complexity index is 311. The lowest BCUT2D eigenvalue weighted by Crippen LogP contribution is -2.07. The predicted molar refractivity (Wildman–Crippen MR) is 96.0 cm³/mol. The number of rotatable bonds is 14. The molecule has 0 aliphatic heterocycles. The van der Waals surface area contributed by atoms with E-state index in [1.54, 1.807) is 0 Å². The minimum absolute atomic E-state index is 0.877. The molecule has 122 valence electrons. The molecule has 0 aliphatic rings. The third-order valence-electron chi connectivity index (χ3n) is 4.02. The number of nitrogens with zero attached hydrogens (tertiary/aromatic N) is 2. The van der Waals surface area contributed by atoms with Crippen LogP contribution in [0.4, 0.5) is 0 Å². The minimum atomic E-state index is 0.877. The van der Waals surface area contributed by atoms with E-state index in [-0.39, 0.29) is 0 Å². The summed E-state index contributed by atoms with van der Waals surface area (Å²) in [6.07, 6.45) is 19.9. The molecule has 1 rings (SSSR count). The van der Waals surface area contributed by atoms with Gasteiger partial charge in [-0.25, -0.2) is 4.98 Å². The van der Waals surface area contributed by atoms with Crippen LogP contribution in [0.25, 0.3) is 0 Å². The van der Waals surface area contributed by atoms with Crippen molar-refractivity contribution >= 4 is 11.8 Å². The Morgan fingerprint density at radius 3 is 2.29 bits per heavy atom. The van der Waals surface area contributed by atoms with E-state index < -0.39 is 0 Å². The highest BCUT2D eigenvalue weighted by Gasteiger charge is 2.09. The smallest absolute Gasteiger partial charge is 0.0946 e. The lowest BCUT2D eigenvalue weighted by molar-refractivity contribution is 0.563. The van der Waals surface area contributed by atoms with Crippen molar-refractivity contribution in [2.24, 2.45) is 0 Å². The average Bonchev–Trinajstić information content (AvgIpc) is 3.00. The van der Waals surface area contributed by atoms with Crippen LogP contribution in [0.15, 0.2) is 18.7 Å². The van der Waals surface area contributed by atoms with Crippen LogP contribution in [0.1, 0.15) is 78.1 Å². The highest BCUT2D eigenvalue weighted by molar-refractivity contribution is 7.99. The molecule has 1 heterocycles. The molecule has 1 aromatic heterocycles. The third-order valence-corrected chi connectivity index (χ3v) is 5.38. The van der Waals surface area contributed by atoms with Crippen molar-refractivity contribution in [3.8, 4) is 0 Å². The van der Waals surface area contributed by atoms with Crippen molar-refractivity contribution in [2.75, 3.05) is 5.75 Å². The second-order valence-corrected chi connectivity index (χ2v) is 7.40. The predicted octanol–water partition coefficient (Wildman–Crippen LogP) is 5.93. The topological polar surface area (TPSA) is 17.8 Å². The van der Waals surface area contributed by atoms with Gasteiger partial charge in [0.1, 0.15) is 0 Å². The second-order valence-electron chi connectivity index (χ2n) is 5.99. The first-order valence-corrected chi connectivity index (χ1v) is 9.99. The molecule has 0 saturated heterocycles. The van der Waals surface area contributed by atoms with Crippen molar-refractivity contribution in [2.45, 2.75) is 89.9 Å². The Balaban J connectivity index is 2.16. The van der Waals surface area contributed by atoms with E-state index in [2.05, 4.69) is 41.4 Å². The number of hydrogen-bond donors (Lipinski definition) is 0. The van der Waals surface area contributed by atoms with Gasteiger partial charge in [-0.2, -0.15) is 11.8 Å². The molecule has 3 heteroatoms. The summed E-state index contributed by atoms with van der Waals surface area (Å²) in [7, 11) is 0. The zero-order valence-corrected chi connectivity index (χ0v) is 14.9. The summed E-state index contributed by atoms with van der Waals surface area (Å²) < 4.78 is 2.19. The first kappa shape index (κ1) is 18.6.